The Labute approximate surface area is 147 Å². The molecule has 0 aliphatic carbocycles. The number of hydrogen-bond acceptors (Lipinski definition) is 5. The molecule has 3 rings (SSSR count). The Morgan fingerprint density at radius 2 is 2.29 bits per heavy atom. The molecule has 1 atom stereocenters. The van der Waals surface area contributed by atoms with Crippen molar-refractivity contribution in [2.45, 2.75) is 19.1 Å². The number of carbonyl (C=O) groups excluding carboxylic acids is 1. The van der Waals surface area contributed by atoms with Gasteiger partial charge in [0.25, 0.3) is 5.91 Å². The van der Waals surface area contributed by atoms with Gasteiger partial charge in [0.15, 0.2) is 5.69 Å². The number of aliphatic hydroxyl groups excluding tert-OH is 1. The Morgan fingerprint density at radius 3 is 3.12 bits per heavy atom. The molecule has 0 saturated heterocycles. The maximum Gasteiger partial charge on any atom is 0.272 e. The van der Waals surface area contributed by atoms with Crippen molar-refractivity contribution in [2.75, 3.05) is 19.7 Å². The smallest absolute Gasteiger partial charge is 0.272 e. The Morgan fingerprint density at radius 1 is 1.46 bits per heavy atom. The zero-order chi connectivity index (χ0) is 16.9. The molecule has 2 heterocycles. The van der Waals surface area contributed by atoms with Crippen molar-refractivity contribution in [3.05, 3.63) is 45.7 Å². The highest BCUT2D eigenvalue weighted by Gasteiger charge is 2.21. The van der Waals surface area contributed by atoms with Gasteiger partial charge in [0.05, 0.1) is 4.47 Å². The van der Waals surface area contributed by atoms with Crippen molar-refractivity contribution >= 4 is 21.8 Å². The number of halogens is 1. The molecule has 2 aromatic rings. The monoisotopic (exact) mass is 394 g/mol. The minimum atomic E-state index is -0.811. The third-order valence-corrected chi connectivity index (χ3v) is 4.44. The number of rotatable bonds is 6. The van der Waals surface area contributed by atoms with Crippen LogP contribution in [0.15, 0.2) is 28.7 Å². The number of para-hydroxylation sites is 1. The first-order valence-electron chi connectivity index (χ1n) is 7.75. The lowest BCUT2D eigenvalue weighted by Crippen LogP contribution is -2.36. The second-order valence-electron chi connectivity index (χ2n) is 5.56. The summed E-state index contributed by atoms with van der Waals surface area (Å²) < 4.78 is 6.35. The second-order valence-corrected chi connectivity index (χ2v) is 6.42. The van der Waals surface area contributed by atoms with E-state index >= 15 is 0 Å². The van der Waals surface area contributed by atoms with Gasteiger partial charge in [-0.2, -0.15) is 5.10 Å². The van der Waals surface area contributed by atoms with Crippen molar-refractivity contribution in [3.63, 3.8) is 0 Å². The quantitative estimate of drug-likeness (QED) is 0.585. The lowest BCUT2D eigenvalue weighted by molar-refractivity contribution is 0.0838. The number of aromatic nitrogens is 2. The van der Waals surface area contributed by atoms with Crippen molar-refractivity contribution in [2.24, 2.45) is 0 Å². The van der Waals surface area contributed by atoms with Crippen LogP contribution in [-0.4, -0.2) is 47.0 Å². The van der Waals surface area contributed by atoms with Crippen molar-refractivity contribution < 1.29 is 14.6 Å². The number of nitrogens with one attached hydrogen (secondary N) is 3. The van der Waals surface area contributed by atoms with Gasteiger partial charge in [0.1, 0.15) is 18.5 Å². The molecule has 1 unspecified atom stereocenters. The number of H-pyrrole nitrogens is 1. The molecule has 1 aromatic carbocycles. The fourth-order valence-electron chi connectivity index (χ4n) is 2.51. The standard InChI is InChI=1S/C16H19BrN4O3/c17-12-3-1-2-4-14(12)24-9-10(22)7-19-16(23)15-11-8-18-6-5-13(11)20-21-15/h1-4,10,18,22H,5-9H2,(H,19,23)(H,20,21). The second kappa shape index (κ2) is 7.78. The van der Waals surface area contributed by atoms with Gasteiger partial charge in [-0.25, -0.2) is 0 Å². The minimum Gasteiger partial charge on any atom is -0.490 e. The van der Waals surface area contributed by atoms with Gasteiger partial charge in [-0.3, -0.25) is 9.89 Å². The van der Waals surface area contributed by atoms with E-state index in [4.69, 9.17) is 4.74 Å². The number of ether oxygens (including phenoxy) is 1. The highest BCUT2D eigenvalue weighted by molar-refractivity contribution is 9.10. The summed E-state index contributed by atoms with van der Waals surface area (Å²) in [5.74, 6) is 0.353. The molecular weight excluding hydrogens is 376 g/mol. The molecule has 1 aliphatic heterocycles. The highest BCUT2D eigenvalue weighted by atomic mass is 79.9. The highest BCUT2D eigenvalue weighted by Crippen LogP contribution is 2.23. The van der Waals surface area contributed by atoms with Crippen molar-refractivity contribution in [1.82, 2.24) is 20.8 Å². The van der Waals surface area contributed by atoms with Crippen LogP contribution in [0.1, 0.15) is 21.7 Å². The molecule has 1 aliphatic rings. The number of aliphatic hydroxyl groups is 1. The van der Waals surface area contributed by atoms with Crippen LogP contribution in [0.3, 0.4) is 0 Å². The lowest BCUT2D eigenvalue weighted by Gasteiger charge is -2.15. The van der Waals surface area contributed by atoms with Crippen LogP contribution in [0.2, 0.25) is 0 Å². The van der Waals surface area contributed by atoms with E-state index in [9.17, 15) is 9.90 Å². The fourth-order valence-corrected chi connectivity index (χ4v) is 2.91. The van der Waals surface area contributed by atoms with E-state index in [2.05, 4.69) is 36.8 Å². The van der Waals surface area contributed by atoms with Gasteiger partial charge < -0.3 is 20.5 Å². The maximum atomic E-state index is 12.2. The molecule has 0 bridgehead atoms. The maximum absolute atomic E-state index is 12.2. The molecule has 1 aromatic heterocycles. The molecule has 4 N–H and O–H groups in total. The Hall–Kier alpha value is -1.90. The zero-order valence-corrected chi connectivity index (χ0v) is 14.6. The fraction of sp³-hybridized carbons (Fsp3) is 0.375. The molecular formula is C16H19BrN4O3. The predicted molar refractivity (Wildman–Crippen MR) is 92.0 cm³/mol. The van der Waals surface area contributed by atoms with Crippen LogP contribution in [0.4, 0.5) is 0 Å². The van der Waals surface area contributed by atoms with E-state index in [1.165, 1.54) is 0 Å². The minimum absolute atomic E-state index is 0.0864. The van der Waals surface area contributed by atoms with E-state index in [0.717, 1.165) is 28.7 Å². The molecule has 0 spiro atoms. The average molecular weight is 395 g/mol. The Balaban J connectivity index is 1.49. The topological polar surface area (TPSA) is 99.3 Å². The first kappa shape index (κ1) is 16.9. The summed E-state index contributed by atoms with van der Waals surface area (Å²) in [5.41, 5.74) is 2.28. The summed E-state index contributed by atoms with van der Waals surface area (Å²) in [6.45, 7) is 1.69. The van der Waals surface area contributed by atoms with Gasteiger partial charge in [0, 0.05) is 37.3 Å². The molecule has 8 heteroatoms. The van der Waals surface area contributed by atoms with E-state index in [-0.39, 0.29) is 19.1 Å². The van der Waals surface area contributed by atoms with Crippen molar-refractivity contribution in [1.29, 1.82) is 0 Å². The molecule has 128 valence electrons. The summed E-state index contributed by atoms with van der Waals surface area (Å²) in [6, 6.07) is 7.40. The average Bonchev–Trinajstić information content (AvgIpc) is 3.03. The summed E-state index contributed by atoms with van der Waals surface area (Å²) in [7, 11) is 0. The predicted octanol–water partition coefficient (Wildman–Crippen LogP) is 0.988. The number of benzene rings is 1. The van der Waals surface area contributed by atoms with Crippen LogP contribution < -0.4 is 15.4 Å². The van der Waals surface area contributed by atoms with Gasteiger partial charge in [-0.05, 0) is 28.1 Å². The third kappa shape index (κ3) is 3.95. The molecule has 0 fully saturated rings. The summed E-state index contributed by atoms with van der Waals surface area (Å²) in [4.78, 5) is 12.2. The first-order valence-corrected chi connectivity index (χ1v) is 8.55. The molecule has 0 radical (unpaired) electrons. The Kier molecular flexibility index (Phi) is 5.49. The molecule has 7 nitrogen and oxygen atoms in total. The Bertz CT molecular complexity index is 719. The van der Waals surface area contributed by atoms with Crippen LogP contribution >= 0.6 is 15.9 Å². The summed E-state index contributed by atoms with van der Waals surface area (Å²) >= 11 is 3.38. The number of hydrogen-bond donors (Lipinski definition) is 4. The van der Waals surface area contributed by atoms with Gasteiger partial charge in [-0.1, -0.05) is 12.1 Å². The number of aromatic amines is 1. The largest absolute Gasteiger partial charge is 0.490 e. The number of fused-ring (bicyclic) bond motifs is 1. The van der Waals surface area contributed by atoms with Crippen LogP contribution in [0.5, 0.6) is 5.75 Å². The van der Waals surface area contributed by atoms with E-state index in [1.807, 2.05) is 18.2 Å². The van der Waals surface area contributed by atoms with Crippen LogP contribution in [0, 0.1) is 0 Å². The van der Waals surface area contributed by atoms with E-state index in [1.54, 1.807) is 6.07 Å². The first-order chi connectivity index (χ1) is 11.6. The summed E-state index contributed by atoms with van der Waals surface area (Å²) in [6.07, 6.45) is 0.0202. The summed E-state index contributed by atoms with van der Waals surface area (Å²) in [5, 5.41) is 22.9. The zero-order valence-electron chi connectivity index (χ0n) is 13.0. The third-order valence-electron chi connectivity index (χ3n) is 3.79. The van der Waals surface area contributed by atoms with Crippen LogP contribution in [0.25, 0.3) is 0 Å². The van der Waals surface area contributed by atoms with E-state index < -0.39 is 6.10 Å². The van der Waals surface area contributed by atoms with E-state index in [0.29, 0.717) is 18.0 Å². The molecule has 0 saturated carbocycles. The van der Waals surface area contributed by atoms with Gasteiger partial charge >= 0.3 is 0 Å². The van der Waals surface area contributed by atoms with Gasteiger partial charge in [0.2, 0.25) is 0 Å². The molecule has 1 amide bonds. The normalized spacial score (nSPS) is 14.8. The lowest BCUT2D eigenvalue weighted by atomic mass is 10.1. The SMILES string of the molecule is O=C(NCC(O)COc1ccccc1Br)c1n[nH]c2c1CNCC2. The number of amides is 1. The number of nitrogens with zero attached hydrogens (tertiary/aromatic N) is 1. The number of carbonyl (C=O) groups is 1. The molecule has 24 heavy (non-hydrogen) atoms. The van der Waals surface area contributed by atoms with Crippen molar-refractivity contribution in [3.8, 4) is 5.75 Å². The van der Waals surface area contributed by atoms with Gasteiger partial charge in [-0.15, -0.1) is 0 Å². The van der Waals surface area contributed by atoms with Crippen LogP contribution in [-0.2, 0) is 13.0 Å².